The molecule has 3 nitrogen and oxygen atoms in total. The van der Waals surface area contributed by atoms with Crippen molar-refractivity contribution in [2.24, 2.45) is 9.98 Å². The van der Waals surface area contributed by atoms with Gasteiger partial charge in [-0.2, -0.15) is 0 Å². The van der Waals surface area contributed by atoms with E-state index in [0.717, 1.165) is 50.8 Å². The van der Waals surface area contributed by atoms with E-state index in [1.807, 2.05) is 6.26 Å². The number of aliphatic imine (C=N–C) groups is 2. The lowest BCUT2D eigenvalue weighted by molar-refractivity contribution is 0.579. The van der Waals surface area contributed by atoms with Crippen LogP contribution in [0.15, 0.2) is 81.3 Å². The highest BCUT2D eigenvalue weighted by Crippen LogP contribution is 2.43. The number of benzene rings is 3. The second-order valence-electron chi connectivity index (χ2n) is 12.3. The van der Waals surface area contributed by atoms with Gasteiger partial charge >= 0.3 is 0 Å². The van der Waals surface area contributed by atoms with Gasteiger partial charge in [-0.3, -0.25) is 0 Å². The summed E-state index contributed by atoms with van der Waals surface area (Å²) in [6.07, 6.45) is 1.86. The Balaban J connectivity index is 1.92. The largest absolute Gasteiger partial charge is 0.463 e. The Kier molecular flexibility index (Phi) is 7.68. The third-order valence-electron chi connectivity index (χ3n) is 8.00. The van der Waals surface area contributed by atoms with Gasteiger partial charge in [-0.15, -0.1) is 0 Å². The van der Waals surface area contributed by atoms with Crippen LogP contribution < -0.4 is 0 Å². The molecule has 0 N–H and O–H groups in total. The summed E-state index contributed by atoms with van der Waals surface area (Å²) in [4.78, 5) is 11.2. The van der Waals surface area contributed by atoms with E-state index in [-0.39, 0.29) is 0 Å². The van der Waals surface area contributed by atoms with E-state index in [1.54, 1.807) is 0 Å². The van der Waals surface area contributed by atoms with Gasteiger partial charge in [-0.05, 0) is 58.4 Å². The fraction of sp³-hybridized carbons (Fsp3) is 0.351. The molecule has 1 heterocycles. The molecule has 0 unspecified atom stereocenters. The molecular weight excluding hydrogens is 488 g/mol. The quantitative estimate of drug-likeness (QED) is 0.244. The van der Waals surface area contributed by atoms with Gasteiger partial charge in [0.1, 0.15) is 11.5 Å². The summed E-state index contributed by atoms with van der Waals surface area (Å²) >= 11 is 0. The molecule has 0 fully saturated rings. The summed E-state index contributed by atoms with van der Waals surface area (Å²) in [6, 6.07) is 21.7. The van der Waals surface area contributed by atoms with Gasteiger partial charge in [-0.1, -0.05) is 116 Å². The van der Waals surface area contributed by atoms with Gasteiger partial charge in [0, 0.05) is 11.1 Å². The highest BCUT2D eigenvalue weighted by atomic mass is 16.3. The van der Waals surface area contributed by atoms with Crippen molar-refractivity contribution in [2.75, 3.05) is 0 Å². The zero-order chi connectivity index (χ0) is 28.7. The van der Waals surface area contributed by atoms with E-state index in [0.29, 0.717) is 23.7 Å². The second kappa shape index (κ2) is 11.0. The Morgan fingerprint density at radius 2 is 0.950 bits per heavy atom. The first-order valence-corrected chi connectivity index (χ1v) is 14.7. The van der Waals surface area contributed by atoms with Crippen molar-refractivity contribution in [2.45, 2.75) is 86.0 Å². The normalized spacial score (nSPS) is 15.1. The second-order valence-corrected chi connectivity index (χ2v) is 12.3. The van der Waals surface area contributed by atoms with Crippen LogP contribution >= 0.6 is 0 Å². The third kappa shape index (κ3) is 4.87. The monoisotopic (exact) mass is 530 g/mol. The molecule has 1 aromatic heterocycles. The van der Waals surface area contributed by atoms with E-state index >= 15 is 0 Å². The molecule has 3 aromatic carbocycles. The molecule has 0 bridgehead atoms. The molecule has 0 saturated heterocycles. The molecule has 5 rings (SSSR count). The minimum atomic E-state index is 0.341. The van der Waals surface area contributed by atoms with Crippen LogP contribution in [0.5, 0.6) is 0 Å². The minimum absolute atomic E-state index is 0.341. The van der Waals surface area contributed by atoms with Crippen LogP contribution in [0.4, 0.5) is 11.4 Å². The zero-order valence-electron chi connectivity index (χ0n) is 25.5. The SMILES string of the molecule is Cc1coc2c1C(=N\c1c(C(C)C)cccc1C(C)C)/C(=N/c1c(C(C)C)cccc1C(C)C)c1ccccc1-2. The van der Waals surface area contributed by atoms with Crippen LogP contribution in [-0.2, 0) is 0 Å². The molecule has 0 aliphatic heterocycles. The number of aryl methyl sites for hydroxylation is 1. The molecule has 0 spiro atoms. The van der Waals surface area contributed by atoms with Crippen LogP contribution in [0, 0.1) is 6.92 Å². The summed E-state index contributed by atoms with van der Waals surface area (Å²) < 4.78 is 6.22. The number of para-hydroxylation sites is 2. The summed E-state index contributed by atoms with van der Waals surface area (Å²) in [7, 11) is 0. The molecule has 1 aliphatic rings. The standard InChI is InChI=1S/C37H42N2O/c1-21(2)26-16-12-17-27(22(3)4)33(26)38-35-30-14-10-11-15-31(30)37-32(25(9)20-40-37)36(35)39-34-28(23(5)6)18-13-19-29(34)24(7)8/h10-24H,1-9H3/b38-35+,39-36+. The molecule has 0 saturated carbocycles. The lowest BCUT2D eigenvalue weighted by Gasteiger charge is -2.24. The molecule has 40 heavy (non-hydrogen) atoms. The topological polar surface area (TPSA) is 37.9 Å². The molecule has 4 aromatic rings. The van der Waals surface area contributed by atoms with Crippen LogP contribution in [0.25, 0.3) is 11.3 Å². The lowest BCUT2D eigenvalue weighted by Crippen LogP contribution is -2.23. The predicted molar refractivity (Wildman–Crippen MR) is 171 cm³/mol. The highest BCUT2D eigenvalue weighted by molar-refractivity contribution is 6.57. The average molecular weight is 531 g/mol. The van der Waals surface area contributed by atoms with E-state index in [2.05, 4.69) is 123 Å². The number of fused-ring (bicyclic) bond motifs is 3. The summed E-state index contributed by atoms with van der Waals surface area (Å²) in [5.74, 6) is 2.25. The number of hydrogen-bond acceptors (Lipinski definition) is 3. The number of hydrogen-bond donors (Lipinski definition) is 0. The van der Waals surface area contributed by atoms with Gasteiger partial charge in [0.05, 0.1) is 28.9 Å². The Hall–Kier alpha value is -3.72. The highest BCUT2D eigenvalue weighted by Gasteiger charge is 2.32. The van der Waals surface area contributed by atoms with Crippen LogP contribution in [0.1, 0.15) is 118 Å². The Labute approximate surface area is 240 Å². The summed E-state index contributed by atoms with van der Waals surface area (Å²) in [5.41, 5.74) is 13.2. The van der Waals surface area contributed by atoms with Gasteiger partial charge < -0.3 is 4.42 Å². The Bertz CT molecular complexity index is 1560. The Morgan fingerprint density at radius 3 is 1.40 bits per heavy atom. The first-order chi connectivity index (χ1) is 19.1. The average Bonchev–Trinajstić information content (AvgIpc) is 3.31. The number of nitrogens with zero attached hydrogens (tertiary/aromatic N) is 2. The smallest absolute Gasteiger partial charge is 0.144 e. The number of furan rings is 1. The van der Waals surface area contributed by atoms with E-state index in [9.17, 15) is 0 Å². The fourth-order valence-corrected chi connectivity index (χ4v) is 5.80. The van der Waals surface area contributed by atoms with E-state index in [1.165, 1.54) is 22.3 Å². The maximum absolute atomic E-state index is 6.22. The molecule has 206 valence electrons. The van der Waals surface area contributed by atoms with Crippen molar-refractivity contribution in [3.05, 3.63) is 106 Å². The van der Waals surface area contributed by atoms with Crippen molar-refractivity contribution in [3.63, 3.8) is 0 Å². The van der Waals surface area contributed by atoms with Crippen molar-refractivity contribution in [1.29, 1.82) is 0 Å². The fourth-order valence-electron chi connectivity index (χ4n) is 5.80. The van der Waals surface area contributed by atoms with Crippen LogP contribution in [0.2, 0.25) is 0 Å². The van der Waals surface area contributed by atoms with Crippen LogP contribution in [-0.4, -0.2) is 11.4 Å². The lowest BCUT2D eigenvalue weighted by atomic mass is 9.85. The summed E-state index contributed by atoms with van der Waals surface area (Å²) in [5, 5.41) is 0. The maximum atomic E-state index is 6.22. The van der Waals surface area contributed by atoms with Gasteiger partial charge in [-0.25, -0.2) is 9.98 Å². The van der Waals surface area contributed by atoms with Crippen LogP contribution in [0.3, 0.4) is 0 Å². The maximum Gasteiger partial charge on any atom is 0.144 e. The first-order valence-electron chi connectivity index (χ1n) is 14.7. The van der Waals surface area contributed by atoms with Crippen molar-refractivity contribution >= 4 is 22.8 Å². The first kappa shape index (κ1) is 27.8. The molecule has 0 atom stereocenters. The molecule has 0 amide bonds. The Morgan fingerprint density at radius 1 is 0.525 bits per heavy atom. The van der Waals surface area contributed by atoms with E-state index in [4.69, 9.17) is 14.4 Å². The van der Waals surface area contributed by atoms with Gasteiger partial charge in [0.15, 0.2) is 0 Å². The number of rotatable bonds is 6. The molecule has 0 radical (unpaired) electrons. The molecular formula is C37H42N2O. The molecule has 1 aliphatic carbocycles. The molecule has 3 heteroatoms. The van der Waals surface area contributed by atoms with Crippen molar-refractivity contribution in [3.8, 4) is 11.3 Å². The van der Waals surface area contributed by atoms with Gasteiger partial charge in [0.2, 0.25) is 0 Å². The summed E-state index contributed by atoms with van der Waals surface area (Å²) in [6.45, 7) is 20.1. The van der Waals surface area contributed by atoms with Crippen molar-refractivity contribution in [1.82, 2.24) is 0 Å². The predicted octanol–water partition coefficient (Wildman–Crippen LogP) is 11.0. The minimum Gasteiger partial charge on any atom is -0.463 e. The van der Waals surface area contributed by atoms with Crippen molar-refractivity contribution < 1.29 is 4.42 Å². The zero-order valence-corrected chi connectivity index (χ0v) is 25.5. The third-order valence-corrected chi connectivity index (χ3v) is 8.00. The van der Waals surface area contributed by atoms with E-state index < -0.39 is 0 Å². The van der Waals surface area contributed by atoms with Gasteiger partial charge in [0.25, 0.3) is 0 Å².